The monoisotopic (exact) mass is 668 g/mol. The van der Waals surface area contributed by atoms with E-state index in [1.54, 1.807) is 0 Å². The van der Waals surface area contributed by atoms with Gasteiger partial charge in [-0.1, -0.05) is 133 Å². The third-order valence-electron chi connectivity index (χ3n) is 10.1. The molecular formula is C46H28N4S. The number of hydrogen-bond donors (Lipinski definition) is 0. The smallest absolute Gasteiger partial charge is 0.235 e. The Labute approximate surface area is 297 Å². The van der Waals surface area contributed by atoms with Gasteiger partial charge in [0.2, 0.25) is 5.95 Å². The SMILES string of the molecule is c1ccc(-c2ccc3nc(-n4c5ccccc5c5ccc6c(sc7c8ccccc8n(-c8ccccc8)c67)c54)nc(-c4ccccc4)c3c2)cc1. The predicted octanol–water partition coefficient (Wildman–Crippen LogP) is 12.4. The second-order valence-corrected chi connectivity index (χ2v) is 14.0. The van der Waals surface area contributed by atoms with Gasteiger partial charge in [-0.2, -0.15) is 0 Å². The van der Waals surface area contributed by atoms with Gasteiger partial charge in [-0.25, -0.2) is 9.97 Å². The van der Waals surface area contributed by atoms with Crippen LogP contribution in [0.5, 0.6) is 0 Å². The van der Waals surface area contributed by atoms with Gasteiger partial charge in [0.1, 0.15) is 0 Å². The van der Waals surface area contributed by atoms with Gasteiger partial charge in [-0.3, -0.25) is 4.57 Å². The van der Waals surface area contributed by atoms with Gasteiger partial charge in [0, 0.05) is 38.2 Å². The molecule has 0 N–H and O–H groups in total. The fourth-order valence-corrected chi connectivity index (χ4v) is 9.23. The minimum absolute atomic E-state index is 0.668. The van der Waals surface area contributed by atoms with E-state index in [0.29, 0.717) is 5.95 Å². The minimum Gasteiger partial charge on any atom is -0.308 e. The van der Waals surface area contributed by atoms with Crippen LogP contribution in [-0.2, 0) is 0 Å². The molecule has 11 aromatic rings. The van der Waals surface area contributed by atoms with Crippen LogP contribution >= 0.6 is 11.3 Å². The standard InChI is InChI=1S/C46H28N4S/c1-4-14-29(15-5-1)31-24-27-38-37(28-31)41(30-16-6-2-7-17-30)48-46(47-38)50-39-22-12-10-20-33(39)34-25-26-36-43-44(51-45(36)42(34)50)35-21-11-13-23-40(35)49(43)32-18-8-3-9-19-32/h1-28H. The second kappa shape index (κ2) is 11.0. The molecule has 0 aliphatic heterocycles. The average molecular weight is 669 g/mol. The van der Waals surface area contributed by atoms with Crippen molar-refractivity contribution in [3.63, 3.8) is 0 Å². The molecule has 0 radical (unpaired) electrons. The summed E-state index contributed by atoms with van der Waals surface area (Å²) in [7, 11) is 0. The van der Waals surface area contributed by atoms with Crippen molar-refractivity contribution in [2.24, 2.45) is 0 Å². The van der Waals surface area contributed by atoms with Crippen LogP contribution in [0, 0.1) is 0 Å². The van der Waals surface area contributed by atoms with Crippen molar-refractivity contribution in [1.82, 2.24) is 19.1 Å². The van der Waals surface area contributed by atoms with Crippen molar-refractivity contribution in [3.05, 3.63) is 170 Å². The first-order valence-electron chi connectivity index (χ1n) is 17.2. The molecule has 7 aromatic carbocycles. The van der Waals surface area contributed by atoms with Gasteiger partial charge >= 0.3 is 0 Å². The first kappa shape index (κ1) is 28.3. The summed E-state index contributed by atoms with van der Waals surface area (Å²) >= 11 is 1.87. The van der Waals surface area contributed by atoms with Gasteiger partial charge in [0.25, 0.3) is 0 Å². The molecule has 0 bridgehead atoms. The number of benzene rings is 7. The van der Waals surface area contributed by atoms with E-state index in [1.165, 1.54) is 47.5 Å². The third-order valence-corrected chi connectivity index (χ3v) is 11.4. The van der Waals surface area contributed by atoms with E-state index >= 15 is 0 Å². The van der Waals surface area contributed by atoms with Crippen molar-refractivity contribution in [2.45, 2.75) is 0 Å². The van der Waals surface area contributed by atoms with E-state index in [0.717, 1.165) is 44.4 Å². The maximum absolute atomic E-state index is 5.46. The van der Waals surface area contributed by atoms with E-state index < -0.39 is 0 Å². The molecule has 0 atom stereocenters. The highest BCUT2D eigenvalue weighted by molar-refractivity contribution is 7.27. The summed E-state index contributed by atoms with van der Waals surface area (Å²) in [5, 5.41) is 5.90. The van der Waals surface area contributed by atoms with E-state index in [9.17, 15) is 0 Å². The zero-order chi connectivity index (χ0) is 33.5. The molecule has 51 heavy (non-hydrogen) atoms. The van der Waals surface area contributed by atoms with Crippen molar-refractivity contribution >= 4 is 75.3 Å². The Morgan fingerprint density at radius 2 is 0.980 bits per heavy atom. The van der Waals surface area contributed by atoms with Gasteiger partial charge in [-0.05, 0) is 47.5 Å². The fraction of sp³-hybridized carbons (Fsp3) is 0. The second-order valence-electron chi connectivity index (χ2n) is 13.0. The first-order chi connectivity index (χ1) is 25.3. The average Bonchev–Trinajstić information content (AvgIpc) is 3.85. The van der Waals surface area contributed by atoms with Crippen LogP contribution < -0.4 is 0 Å². The molecule has 238 valence electrons. The number of para-hydroxylation sites is 3. The predicted molar refractivity (Wildman–Crippen MR) is 214 cm³/mol. The van der Waals surface area contributed by atoms with Crippen molar-refractivity contribution in [2.75, 3.05) is 0 Å². The normalized spacial score (nSPS) is 11.9. The van der Waals surface area contributed by atoms with E-state index in [-0.39, 0.29) is 0 Å². The Hall–Kier alpha value is -6.56. The van der Waals surface area contributed by atoms with E-state index in [1.807, 2.05) is 11.3 Å². The minimum atomic E-state index is 0.668. The summed E-state index contributed by atoms with van der Waals surface area (Å²) in [5.41, 5.74) is 11.0. The topological polar surface area (TPSA) is 35.6 Å². The van der Waals surface area contributed by atoms with Crippen LogP contribution in [0.3, 0.4) is 0 Å². The Morgan fingerprint density at radius 3 is 1.75 bits per heavy atom. The van der Waals surface area contributed by atoms with Crippen LogP contribution in [0.4, 0.5) is 0 Å². The van der Waals surface area contributed by atoms with Crippen LogP contribution in [0.25, 0.3) is 97.9 Å². The molecule has 4 heterocycles. The summed E-state index contributed by atoms with van der Waals surface area (Å²) in [6, 6.07) is 60.3. The number of hydrogen-bond acceptors (Lipinski definition) is 3. The highest BCUT2D eigenvalue weighted by Crippen LogP contribution is 2.47. The number of aromatic nitrogens is 4. The molecule has 0 spiro atoms. The Balaban J connectivity index is 1.26. The summed E-state index contributed by atoms with van der Waals surface area (Å²) in [4.78, 5) is 10.8. The summed E-state index contributed by atoms with van der Waals surface area (Å²) in [5.74, 6) is 0.668. The number of nitrogens with zero attached hydrogens (tertiary/aromatic N) is 4. The lowest BCUT2D eigenvalue weighted by Crippen LogP contribution is -2.03. The molecule has 4 nitrogen and oxygen atoms in total. The Kier molecular flexibility index (Phi) is 6.09. The molecule has 0 amide bonds. The lowest BCUT2D eigenvalue weighted by Gasteiger charge is -2.13. The zero-order valence-corrected chi connectivity index (χ0v) is 28.2. The number of fused-ring (bicyclic) bond motifs is 10. The first-order valence-corrected chi connectivity index (χ1v) is 18.0. The lowest BCUT2D eigenvalue weighted by molar-refractivity contribution is 1.02. The summed E-state index contributed by atoms with van der Waals surface area (Å²) in [6.07, 6.45) is 0. The molecule has 0 fully saturated rings. The van der Waals surface area contributed by atoms with E-state index in [4.69, 9.17) is 9.97 Å². The van der Waals surface area contributed by atoms with Crippen LogP contribution in [0.15, 0.2) is 170 Å². The molecule has 0 aliphatic carbocycles. The van der Waals surface area contributed by atoms with Gasteiger partial charge in [-0.15, -0.1) is 11.3 Å². The van der Waals surface area contributed by atoms with Crippen molar-refractivity contribution < 1.29 is 0 Å². The van der Waals surface area contributed by atoms with E-state index in [2.05, 4.69) is 179 Å². The Bertz CT molecular complexity index is 3120. The zero-order valence-electron chi connectivity index (χ0n) is 27.4. The maximum Gasteiger partial charge on any atom is 0.235 e. The van der Waals surface area contributed by atoms with Gasteiger partial charge in [0.15, 0.2) is 0 Å². The molecule has 0 saturated carbocycles. The maximum atomic E-state index is 5.46. The highest BCUT2D eigenvalue weighted by atomic mass is 32.1. The number of thiophene rings is 1. The largest absolute Gasteiger partial charge is 0.308 e. The molecule has 4 aromatic heterocycles. The summed E-state index contributed by atoms with van der Waals surface area (Å²) < 4.78 is 7.24. The molecule has 11 rings (SSSR count). The van der Waals surface area contributed by atoms with Crippen LogP contribution in [0.1, 0.15) is 0 Å². The van der Waals surface area contributed by atoms with Gasteiger partial charge < -0.3 is 4.57 Å². The van der Waals surface area contributed by atoms with Gasteiger partial charge in [0.05, 0.1) is 42.7 Å². The quantitative estimate of drug-likeness (QED) is 0.187. The lowest BCUT2D eigenvalue weighted by atomic mass is 10.0. The van der Waals surface area contributed by atoms with Crippen LogP contribution in [-0.4, -0.2) is 19.1 Å². The molecule has 0 saturated heterocycles. The third kappa shape index (κ3) is 4.19. The molecule has 0 unspecified atom stereocenters. The summed E-state index contributed by atoms with van der Waals surface area (Å²) in [6.45, 7) is 0. The molecule has 0 aliphatic rings. The van der Waals surface area contributed by atoms with Crippen molar-refractivity contribution in [3.8, 4) is 34.0 Å². The number of rotatable bonds is 4. The van der Waals surface area contributed by atoms with Crippen LogP contribution in [0.2, 0.25) is 0 Å². The fourth-order valence-electron chi connectivity index (χ4n) is 7.87. The molecule has 5 heteroatoms. The van der Waals surface area contributed by atoms with Crippen molar-refractivity contribution in [1.29, 1.82) is 0 Å². The molecular weight excluding hydrogens is 641 g/mol. The highest BCUT2D eigenvalue weighted by Gasteiger charge is 2.24. The Morgan fingerprint density at radius 1 is 0.392 bits per heavy atom.